The molecule has 9 heteroatoms. The first-order valence-electron chi connectivity index (χ1n) is 10.5. The van der Waals surface area contributed by atoms with E-state index in [-0.39, 0.29) is 18.1 Å². The Morgan fingerprint density at radius 2 is 1.88 bits per heavy atom. The number of amides is 1. The van der Waals surface area contributed by atoms with Gasteiger partial charge in [0, 0.05) is 29.7 Å². The Labute approximate surface area is 200 Å². The normalized spacial score (nSPS) is 18.4. The van der Waals surface area contributed by atoms with E-state index < -0.39 is 17.7 Å². The van der Waals surface area contributed by atoms with Crippen molar-refractivity contribution in [3.8, 4) is 17.2 Å². The van der Waals surface area contributed by atoms with Gasteiger partial charge in [-0.05, 0) is 55.0 Å². The second kappa shape index (κ2) is 8.72. The number of aliphatic hydroxyl groups excluding tert-OH is 1. The van der Waals surface area contributed by atoms with Gasteiger partial charge in [-0.3, -0.25) is 19.5 Å². The maximum Gasteiger partial charge on any atom is 0.300 e. The molecule has 1 N–H and O–H groups in total. The average molecular weight is 479 g/mol. The summed E-state index contributed by atoms with van der Waals surface area (Å²) in [5, 5.41) is 11.6. The highest BCUT2D eigenvalue weighted by Gasteiger charge is 2.47. The van der Waals surface area contributed by atoms with E-state index in [1.54, 1.807) is 60.9 Å². The van der Waals surface area contributed by atoms with E-state index in [2.05, 4.69) is 4.98 Å². The molecule has 172 valence electrons. The molecule has 5 rings (SSSR count). The summed E-state index contributed by atoms with van der Waals surface area (Å²) in [7, 11) is 0. The summed E-state index contributed by atoms with van der Waals surface area (Å²) in [5.74, 6) is -0.553. The first kappa shape index (κ1) is 21.8. The number of benzene rings is 2. The van der Waals surface area contributed by atoms with Crippen molar-refractivity contribution in [2.45, 2.75) is 13.0 Å². The van der Waals surface area contributed by atoms with Crippen molar-refractivity contribution in [2.24, 2.45) is 0 Å². The number of hydrogen-bond donors (Lipinski definition) is 1. The molecule has 1 fully saturated rings. The van der Waals surface area contributed by atoms with Crippen molar-refractivity contribution in [3.63, 3.8) is 0 Å². The number of halogens is 1. The van der Waals surface area contributed by atoms with Gasteiger partial charge in [0.25, 0.3) is 11.7 Å². The number of ether oxygens (including phenoxy) is 3. The molecule has 3 aromatic rings. The molecule has 1 saturated heterocycles. The molecule has 0 radical (unpaired) electrons. The zero-order chi connectivity index (χ0) is 23.8. The fourth-order valence-corrected chi connectivity index (χ4v) is 4.24. The molecule has 0 aliphatic carbocycles. The number of nitrogens with zero attached hydrogens (tertiary/aromatic N) is 2. The molecule has 0 spiro atoms. The van der Waals surface area contributed by atoms with E-state index in [0.29, 0.717) is 45.7 Å². The molecule has 1 aromatic heterocycles. The van der Waals surface area contributed by atoms with Crippen LogP contribution >= 0.6 is 11.6 Å². The molecule has 1 amide bonds. The van der Waals surface area contributed by atoms with Crippen LogP contribution in [0.2, 0.25) is 5.02 Å². The summed E-state index contributed by atoms with van der Waals surface area (Å²) in [6.07, 6.45) is 3.12. The van der Waals surface area contributed by atoms with Crippen LogP contribution in [0.3, 0.4) is 0 Å². The summed E-state index contributed by atoms with van der Waals surface area (Å²) in [6, 6.07) is 12.1. The van der Waals surface area contributed by atoms with Crippen LogP contribution < -0.4 is 19.1 Å². The predicted molar refractivity (Wildman–Crippen MR) is 124 cm³/mol. The zero-order valence-electron chi connectivity index (χ0n) is 18.0. The van der Waals surface area contributed by atoms with E-state index in [0.717, 1.165) is 0 Å². The lowest BCUT2D eigenvalue weighted by molar-refractivity contribution is -0.132. The molecule has 34 heavy (non-hydrogen) atoms. The third-order valence-electron chi connectivity index (χ3n) is 5.61. The maximum absolute atomic E-state index is 13.3. The van der Waals surface area contributed by atoms with Crippen molar-refractivity contribution in [1.82, 2.24) is 4.98 Å². The maximum atomic E-state index is 13.3. The monoisotopic (exact) mass is 478 g/mol. The van der Waals surface area contributed by atoms with Gasteiger partial charge in [0.05, 0.1) is 23.2 Å². The first-order chi connectivity index (χ1) is 16.5. The van der Waals surface area contributed by atoms with Crippen LogP contribution in [-0.4, -0.2) is 35.2 Å². The Bertz CT molecular complexity index is 1320. The Hall–Kier alpha value is -4.04. The lowest BCUT2D eigenvalue weighted by atomic mass is 9.95. The second-order valence-corrected chi connectivity index (χ2v) is 7.97. The van der Waals surface area contributed by atoms with Gasteiger partial charge in [0.1, 0.15) is 11.5 Å². The van der Waals surface area contributed by atoms with E-state index in [4.69, 9.17) is 25.8 Å². The van der Waals surface area contributed by atoms with Crippen LogP contribution in [0.25, 0.3) is 5.76 Å². The summed E-state index contributed by atoms with van der Waals surface area (Å²) in [4.78, 5) is 31.9. The number of rotatable bonds is 5. The highest BCUT2D eigenvalue weighted by atomic mass is 35.5. The van der Waals surface area contributed by atoms with Crippen molar-refractivity contribution >= 4 is 34.7 Å². The van der Waals surface area contributed by atoms with Crippen LogP contribution in [-0.2, 0) is 9.59 Å². The van der Waals surface area contributed by atoms with E-state index in [1.165, 1.54) is 4.90 Å². The summed E-state index contributed by atoms with van der Waals surface area (Å²) >= 11 is 6.18. The first-order valence-corrected chi connectivity index (χ1v) is 10.9. The number of pyridine rings is 1. The lowest BCUT2D eigenvalue weighted by Gasteiger charge is -2.25. The number of anilines is 1. The quantitative estimate of drug-likeness (QED) is 0.328. The number of aromatic nitrogens is 1. The molecule has 1 atom stereocenters. The van der Waals surface area contributed by atoms with Gasteiger partial charge < -0.3 is 19.3 Å². The molecule has 0 saturated carbocycles. The number of carbonyl (C=O) groups excluding carboxylic acids is 2. The summed E-state index contributed by atoms with van der Waals surface area (Å²) < 4.78 is 16.3. The standard InChI is InChI=1S/C25H19ClN2O6/c1-2-32-19-11-15(3-5-17(19)26)23(29)21-22(14-7-9-27-10-8-14)28(25(31)24(21)30)16-4-6-18-20(12-16)34-13-33-18/h3-12,22,29H,2,13H2,1H3/b23-21+. The zero-order valence-corrected chi connectivity index (χ0v) is 18.8. The molecular formula is C25H19ClN2O6. The van der Waals surface area contributed by atoms with Gasteiger partial charge in [0.2, 0.25) is 6.79 Å². The van der Waals surface area contributed by atoms with Crippen LogP contribution in [0.1, 0.15) is 24.1 Å². The van der Waals surface area contributed by atoms with Gasteiger partial charge in [-0.1, -0.05) is 11.6 Å². The number of Topliss-reactive ketones (excluding diaryl/α,β-unsaturated/α-hetero) is 1. The molecule has 8 nitrogen and oxygen atoms in total. The van der Waals surface area contributed by atoms with Gasteiger partial charge in [-0.2, -0.15) is 0 Å². The van der Waals surface area contributed by atoms with Crippen molar-refractivity contribution < 1.29 is 28.9 Å². The van der Waals surface area contributed by atoms with Crippen LogP contribution in [0.5, 0.6) is 17.2 Å². The Kier molecular flexibility index (Phi) is 5.59. The number of fused-ring (bicyclic) bond motifs is 1. The highest BCUT2D eigenvalue weighted by molar-refractivity contribution is 6.51. The number of aliphatic hydroxyl groups is 1. The highest BCUT2D eigenvalue weighted by Crippen LogP contribution is 2.45. The van der Waals surface area contributed by atoms with E-state index in [1.807, 2.05) is 6.92 Å². The Morgan fingerprint density at radius 1 is 1.12 bits per heavy atom. The van der Waals surface area contributed by atoms with Gasteiger partial charge in [-0.15, -0.1) is 0 Å². The van der Waals surface area contributed by atoms with Crippen LogP contribution in [0.15, 0.2) is 66.5 Å². The smallest absolute Gasteiger partial charge is 0.300 e. The Balaban J connectivity index is 1.68. The van der Waals surface area contributed by atoms with Crippen molar-refractivity contribution in [3.05, 3.63) is 82.6 Å². The fraction of sp³-hybridized carbons (Fsp3) is 0.160. The fourth-order valence-electron chi connectivity index (χ4n) is 4.07. The van der Waals surface area contributed by atoms with Crippen molar-refractivity contribution in [2.75, 3.05) is 18.3 Å². The van der Waals surface area contributed by atoms with E-state index in [9.17, 15) is 14.7 Å². The summed E-state index contributed by atoms with van der Waals surface area (Å²) in [5.41, 5.74) is 1.28. The topological polar surface area (TPSA) is 98.2 Å². The number of ketones is 1. The minimum Gasteiger partial charge on any atom is -0.507 e. The third-order valence-corrected chi connectivity index (χ3v) is 5.92. The largest absolute Gasteiger partial charge is 0.507 e. The van der Waals surface area contributed by atoms with E-state index >= 15 is 0 Å². The molecule has 2 aliphatic heterocycles. The van der Waals surface area contributed by atoms with Gasteiger partial charge >= 0.3 is 0 Å². The third kappa shape index (κ3) is 3.62. The van der Waals surface area contributed by atoms with Gasteiger partial charge in [0.15, 0.2) is 11.5 Å². The van der Waals surface area contributed by atoms with Crippen molar-refractivity contribution in [1.29, 1.82) is 0 Å². The van der Waals surface area contributed by atoms with Crippen LogP contribution in [0.4, 0.5) is 5.69 Å². The minimum absolute atomic E-state index is 0.0568. The number of carbonyl (C=O) groups is 2. The average Bonchev–Trinajstić information content (AvgIpc) is 3.42. The molecule has 3 heterocycles. The number of hydrogen-bond acceptors (Lipinski definition) is 7. The molecule has 1 unspecified atom stereocenters. The molecule has 2 aromatic carbocycles. The van der Waals surface area contributed by atoms with Crippen LogP contribution in [0, 0.1) is 0 Å². The minimum atomic E-state index is -0.894. The SMILES string of the molecule is CCOc1cc(/C(O)=C2\C(=O)C(=O)N(c3ccc4c(c3)OCO4)C2c2ccncc2)ccc1Cl. The molecule has 2 aliphatic rings. The Morgan fingerprint density at radius 3 is 2.65 bits per heavy atom. The van der Waals surface area contributed by atoms with Gasteiger partial charge in [-0.25, -0.2) is 0 Å². The lowest BCUT2D eigenvalue weighted by Crippen LogP contribution is -2.29. The molecular weight excluding hydrogens is 460 g/mol. The predicted octanol–water partition coefficient (Wildman–Crippen LogP) is 4.49. The molecule has 0 bridgehead atoms. The summed E-state index contributed by atoms with van der Waals surface area (Å²) in [6.45, 7) is 2.25. The second-order valence-electron chi connectivity index (χ2n) is 7.57.